The molecule has 1 atom stereocenters. The van der Waals surface area contributed by atoms with Crippen molar-refractivity contribution in [2.75, 3.05) is 0 Å². The van der Waals surface area contributed by atoms with Gasteiger partial charge in [-0.25, -0.2) is 0 Å². The third kappa shape index (κ3) is 1.39. The van der Waals surface area contributed by atoms with Gasteiger partial charge in [-0.05, 0) is 43.7 Å². The van der Waals surface area contributed by atoms with Gasteiger partial charge in [-0.2, -0.15) is 0 Å². The number of hydrogen-bond donors (Lipinski definition) is 1. The standard InChI is InChI=1S/C16H20N2/c1-11-10-18-15-8-3-2-6-13(15)14-7-4-5-12(9-17-11)16(14)18/h4-5,7,11,17H,2-3,6,8-10H2,1H3/t11-/m1/s1. The first-order chi connectivity index (χ1) is 8.84. The number of aryl methyl sites for hydroxylation is 1. The Morgan fingerprint density at radius 1 is 1.22 bits per heavy atom. The minimum absolute atomic E-state index is 0.569. The summed E-state index contributed by atoms with van der Waals surface area (Å²) in [6, 6.07) is 7.42. The Balaban J connectivity index is 2.08. The van der Waals surface area contributed by atoms with Crippen LogP contribution in [0.25, 0.3) is 10.9 Å². The highest BCUT2D eigenvalue weighted by Crippen LogP contribution is 2.35. The summed E-state index contributed by atoms with van der Waals surface area (Å²) in [5.74, 6) is 0. The minimum atomic E-state index is 0.569. The summed E-state index contributed by atoms with van der Waals surface area (Å²) in [6.45, 7) is 4.44. The van der Waals surface area contributed by atoms with E-state index in [9.17, 15) is 0 Å². The molecule has 0 saturated carbocycles. The van der Waals surface area contributed by atoms with Gasteiger partial charge in [0, 0.05) is 30.2 Å². The molecule has 1 N–H and O–H groups in total. The quantitative estimate of drug-likeness (QED) is 0.749. The molecule has 18 heavy (non-hydrogen) atoms. The number of hydrogen-bond acceptors (Lipinski definition) is 1. The number of nitrogens with one attached hydrogen (secondary N) is 1. The lowest BCUT2D eigenvalue weighted by Gasteiger charge is -2.18. The van der Waals surface area contributed by atoms with Gasteiger partial charge < -0.3 is 9.88 Å². The Morgan fingerprint density at radius 3 is 3.06 bits per heavy atom. The summed E-state index contributed by atoms with van der Waals surface area (Å²) in [5, 5.41) is 5.15. The molecule has 1 aliphatic heterocycles. The molecular formula is C16H20N2. The van der Waals surface area contributed by atoms with Crippen molar-refractivity contribution in [3.8, 4) is 0 Å². The van der Waals surface area contributed by atoms with Gasteiger partial charge in [0.2, 0.25) is 0 Å². The average Bonchev–Trinajstić information content (AvgIpc) is 2.61. The SMILES string of the molecule is C[C@@H]1Cn2c3c(c4cccc(c42)CN1)CCCC3. The molecule has 0 amide bonds. The third-order valence-corrected chi connectivity index (χ3v) is 4.58. The van der Waals surface area contributed by atoms with Crippen LogP contribution in [-0.4, -0.2) is 10.6 Å². The lowest BCUT2D eigenvalue weighted by molar-refractivity contribution is 0.484. The number of para-hydroxylation sites is 1. The summed E-state index contributed by atoms with van der Waals surface area (Å²) in [7, 11) is 0. The topological polar surface area (TPSA) is 17.0 Å². The van der Waals surface area contributed by atoms with Crippen molar-refractivity contribution in [1.29, 1.82) is 0 Å². The Morgan fingerprint density at radius 2 is 2.11 bits per heavy atom. The second kappa shape index (κ2) is 3.86. The maximum absolute atomic E-state index is 3.62. The molecule has 2 nitrogen and oxygen atoms in total. The fourth-order valence-corrected chi connectivity index (χ4v) is 3.73. The third-order valence-electron chi connectivity index (χ3n) is 4.58. The maximum Gasteiger partial charge on any atom is 0.0531 e. The van der Waals surface area contributed by atoms with Crippen LogP contribution < -0.4 is 5.32 Å². The van der Waals surface area contributed by atoms with Crippen molar-refractivity contribution in [2.24, 2.45) is 0 Å². The van der Waals surface area contributed by atoms with Gasteiger partial charge in [-0.1, -0.05) is 18.2 Å². The van der Waals surface area contributed by atoms with Gasteiger partial charge in [-0.3, -0.25) is 0 Å². The number of rotatable bonds is 0. The van der Waals surface area contributed by atoms with Crippen LogP contribution in [0.1, 0.15) is 36.6 Å². The van der Waals surface area contributed by atoms with Crippen LogP contribution in [0, 0.1) is 0 Å². The van der Waals surface area contributed by atoms with Crippen molar-refractivity contribution >= 4 is 10.9 Å². The molecule has 2 aliphatic rings. The van der Waals surface area contributed by atoms with Crippen LogP contribution in [0.2, 0.25) is 0 Å². The van der Waals surface area contributed by atoms with E-state index in [1.165, 1.54) is 42.1 Å². The van der Waals surface area contributed by atoms with Gasteiger partial charge >= 0.3 is 0 Å². The number of benzene rings is 1. The van der Waals surface area contributed by atoms with Gasteiger partial charge in [0.1, 0.15) is 0 Å². The molecule has 1 aliphatic carbocycles. The van der Waals surface area contributed by atoms with Crippen molar-refractivity contribution in [3.63, 3.8) is 0 Å². The summed E-state index contributed by atoms with van der Waals surface area (Å²) in [5.41, 5.74) is 6.26. The molecule has 1 aromatic heterocycles. The molecule has 0 unspecified atom stereocenters. The molecule has 0 bridgehead atoms. The van der Waals surface area contributed by atoms with Crippen molar-refractivity contribution in [2.45, 2.75) is 51.7 Å². The highest BCUT2D eigenvalue weighted by Gasteiger charge is 2.24. The first-order valence-electron chi connectivity index (χ1n) is 7.20. The van der Waals surface area contributed by atoms with E-state index in [1.807, 2.05) is 0 Å². The van der Waals surface area contributed by atoms with Gasteiger partial charge in [-0.15, -0.1) is 0 Å². The highest BCUT2D eigenvalue weighted by atomic mass is 15.1. The molecule has 2 heteroatoms. The van der Waals surface area contributed by atoms with E-state index in [2.05, 4.69) is 35.0 Å². The number of nitrogens with zero attached hydrogens (tertiary/aromatic N) is 1. The zero-order chi connectivity index (χ0) is 12.1. The summed E-state index contributed by atoms with van der Waals surface area (Å²) in [6.07, 6.45) is 5.28. The first-order valence-corrected chi connectivity index (χ1v) is 7.20. The number of fused-ring (bicyclic) bond motifs is 3. The maximum atomic E-state index is 3.62. The summed E-state index contributed by atoms with van der Waals surface area (Å²) < 4.78 is 2.61. The molecule has 0 spiro atoms. The monoisotopic (exact) mass is 240 g/mol. The summed E-state index contributed by atoms with van der Waals surface area (Å²) in [4.78, 5) is 0. The predicted molar refractivity (Wildman–Crippen MR) is 74.9 cm³/mol. The van der Waals surface area contributed by atoms with Crippen LogP contribution in [0.3, 0.4) is 0 Å². The Kier molecular flexibility index (Phi) is 2.28. The largest absolute Gasteiger partial charge is 0.342 e. The molecular weight excluding hydrogens is 220 g/mol. The molecule has 2 aromatic rings. The van der Waals surface area contributed by atoms with Gasteiger partial charge in [0.15, 0.2) is 0 Å². The van der Waals surface area contributed by atoms with Crippen LogP contribution in [0.5, 0.6) is 0 Å². The molecule has 0 radical (unpaired) electrons. The second-order valence-corrected chi connectivity index (χ2v) is 5.84. The van der Waals surface area contributed by atoms with Gasteiger partial charge in [0.25, 0.3) is 0 Å². The first kappa shape index (κ1) is 10.6. The van der Waals surface area contributed by atoms with E-state index >= 15 is 0 Å². The van der Waals surface area contributed by atoms with E-state index in [1.54, 1.807) is 11.3 Å². The van der Waals surface area contributed by atoms with E-state index < -0.39 is 0 Å². The molecule has 0 fully saturated rings. The molecule has 94 valence electrons. The van der Waals surface area contributed by atoms with Crippen molar-refractivity contribution < 1.29 is 0 Å². The fraction of sp³-hybridized carbons (Fsp3) is 0.500. The van der Waals surface area contributed by atoms with E-state index in [-0.39, 0.29) is 0 Å². The lowest BCUT2D eigenvalue weighted by Crippen LogP contribution is -2.28. The van der Waals surface area contributed by atoms with E-state index in [4.69, 9.17) is 0 Å². The zero-order valence-corrected chi connectivity index (χ0v) is 11.0. The van der Waals surface area contributed by atoms with Crippen molar-refractivity contribution in [1.82, 2.24) is 9.88 Å². The van der Waals surface area contributed by atoms with Crippen LogP contribution >= 0.6 is 0 Å². The normalized spacial score (nSPS) is 22.8. The molecule has 0 saturated heterocycles. The lowest BCUT2D eigenvalue weighted by atomic mass is 9.95. The Hall–Kier alpha value is -1.28. The molecule has 1 aromatic carbocycles. The fourth-order valence-electron chi connectivity index (χ4n) is 3.73. The van der Waals surface area contributed by atoms with Crippen LogP contribution in [0.15, 0.2) is 18.2 Å². The van der Waals surface area contributed by atoms with Crippen LogP contribution in [-0.2, 0) is 25.9 Å². The second-order valence-electron chi connectivity index (χ2n) is 5.84. The minimum Gasteiger partial charge on any atom is -0.342 e. The Labute approximate surface area is 108 Å². The Bertz CT molecular complexity index is 609. The smallest absolute Gasteiger partial charge is 0.0531 e. The number of aromatic nitrogens is 1. The van der Waals surface area contributed by atoms with Crippen LogP contribution in [0.4, 0.5) is 0 Å². The average molecular weight is 240 g/mol. The summed E-state index contributed by atoms with van der Waals surface area (Å²) >= 11 is 0. The highest BCUT2D eigenvalue weighted by molar-refractivity contribution is 5.88. The zero-order valence-electron chi connectivity index (χ0n) is 11.0. The van der Waals surface area contributed by atoms with E-state index in [0.29, 0.717) is 6.04 Å². The molecule has 4 rings (SSSR count). The van der Waals surface area contributed by atoms with E-state index in [0.717, 1.165) is 13.1 Å². The van der Waals surface area contributed by atoms with Crippen molar-refractivity contribution in [3.05, 3.63) is 35.0 Å². The predicted octanol–water partition coefficient (Wildman–Crippen LogP) is 3.01. The van der Waals surface area contributed by atoms with Gasteiger partial charge in [0.05, 0.1) is 5.52 Å². The molecule has 2 heterocycles.